The molecule has 0 bridgehead atoms. The van der Waals surface area contributed by atoms with Gasteiger partial charge in [-0.2, -0.15) is 0 Å². The highest BCUT2D eigenvalue weighted by molar-refractivity contribution is 5.29. The average Bonchev–Trinajstić information content (AvgIpc) is 2.68. The Morgan fingerprint density at radius 2 is 2.12 bits per heavy atom. The molecule has 16 heavy (non-hydrogen) atoms. The molecule has 0 spiro atoms. The molecule has 0 aliphatic heterocycles. The molecule has 0 atom stereocenters. The van der Waals surface area contributed by atoms with E-state index in [0.29, 0.717) is 12.1 Å². The molecule has 0 saturated carbocycles. The first kappa shape index (κ1) is 10.4. The average molecular weight is 222 g/mol. The lowest BCUT2D eigenvalue weighted by Gasteiger charge is -2.13. The highest BCUT2D eigenvalue weighted by Gasteiger charge is 2.11. The molecule has 84 valence electrons. The summed E-state index contributed by atoms with van der Waals surface area (Å²) in [5, 5.41) is 7.23. The van der Waals surface area contributed by atoms with Crippen LogP contribution in [0.4, 0.5) is 16.4 Å². The number of anilines is 2. The van der Waals surface area contributed by atoms with Gasteiger partial charge in [-0.15, -0.1) is 0 Å². The summed E-state index contributed by atoms with van der Waals surface area (Å²) < 4.78 is 18.4. The summed E-state index contributed by atoms with van der Waals surface area (Å²) in [5.41, 5.74) is 5.86. The van der Waals surface area contributed by atoms with Crippen LogP contribution in [-0.4, -0.2) is 17.2 Å². The Morgan fingerprint density at radius 3 is 2.75 bits per heavy atom. The molecule has 0 saturated heterocycles. The summed E-state index contributed by atoms with van der Waals surface area (Å²) in [6, 6.07) is 6.78. The van der Waals surface area contributed by atoms with Gasteiger partial charge in [0, 0.05) is 19.2 Å². The van der Waals surface area contributed by atoms with Crippen molar-refractivity contribution < 1.29 is 8.81 Å². The van der Waals surface area contributed by atoms with Crippen molar-refractivity contribution in [3.63, 3.8) is 0 Å². The quantitative estimate of drug-likeness (QED) is 0.850. The molecule has 2 N–H and O–H groups in total. The molecule has 1 aromatic carbocycles. The molecule has 0 radical (unpaired) electrons. The lowest BCUT2D eigenvalue weighted by molar-refractivity contribution is 0.552. The second-order valence-electron chi connectivity index (χ2n) is 3.37. The molecule has 0 fully saturated rings. The fraction of sp³-hybridized carbons (Fsp3) is 0.200. The predicted molar refractivity (Wildman–Crippen MR) is 57.2 cm³/mol. The smallest absolute Gasteiger partial charge is 0.319 e. The van der Waals surface area contributed by atoms with Crippen molar-refractivity contribution in [1.29, 1.82) is 0 Å². The van der Waals surface area contributed by atoms with Crippen LogP contribution in [0.2, 0.25) is 0 Å². The summed E-state index contributed by atoms with van der Waals surface area (Å²) in [4.78, 5) is 1.63. The molecule has 2 aromatic rings. The van der Waals surface area contributed by atoms with Gasteiger partial charge in [-0.25, -0.2) is 4.39 Å². The summed E-state index contributed by atoms with van der Waals surface area (Å²) in [7, 11) is 1.72. The van der Waals surface area contributed by atoms with Crippen molar-refractivity contribution in [1.82, 2.24) is 10.2 Å². The maximum atomic E-state index is 13.4. The molecule has 0 amide bonds. The van der Waals surface area contributed by atoms with E-state index in [2.05, 4.69) is 10.2 Å². The third kappa shape index (κ3) is 2.10. The number of rotatable bonds is 3. The normalized spacial score (nSPS) is 10.4. The molecular formula is C10H11FN4O. The van der Waals surface area contributed by atoms with Crippen molar-refractivity contribution in [2.75, 3.05) is 17.7 Å². The number of nitrogens with zero attached hydrogens (tertiary/aromatic N) is 3. The maximum Gasteiger partial charge on any atom is 0.319 e. The van der Waals surface area contributed by atoms with Gasteiger partial charge in [0.25, 0.3) is 0 Å². The Balaban J connectivity index is 2.13. The van der Waals surface area contributed by atoms with Gasteiger partial charge in [0.1, 0.15) is 5.82 Å². The van der Waals surface area contributed by atoms with Crippen LogP contribution in [0.15, 0.2) is 28.7 Å². The fourth-order valence-corrected chi connectivity index (χ4v) is 1.33. The standard InChI is InChI=1S/C10H11FN4O/c1-15(10-14-13-9(12)16-10)6-7-4-2-3-5-8(7)11/h2-5H,6H2,1H3,(H2,12,13). The fourth-order valence-electron chi connectivity index (χ4n) is 1.33. The van der Waals surface area contributed by atoms with Crippen molar-refractivity contribution in [2.45, 2.75) is 6.54 Å². The van der Waals surface area contributed by atoms with Crippen molar-refractivity contribution in [3.8, 4) is 0 Å². The summed E-state index contributed by atoms with van der Waals surface area (Å²) in [6.07, 6.45) is 0. The third-order valence-electron chi connectivity index (χ3n) is 2.12. The van der Waals surface area contributed by atoms with Crippen LogP contribution in [0.25, 0.3) is 0 Å². The van der Waals surface area contributed by atoms with Crippen molar-refractivity contribution in [2.24, 2.45) is 0 Å². The molecule has 0 aliphatic rings. The Bertz CT molecular complexity index is 485. The van der Waals surface area contributed by atoms with Gasteiger partial charge in [-0.1, -0.05) is 28.4 Å². The lowest BCUT2D eigenvalue weighted by Crippen LogP contribution is -2.17. The largest absolute Gasteiger partial charge is 0.390 e. The SMILES string of the molecule is CN(Cc1ccccc1F)c1nnc(N)o1. The number of hydrogen-bond acceptors (Lipinski definition) is 5. The second kappa shape index (κ2) is 4.18. The maximum absolute atomic E-state index is 13.4. The zero-order valence-corrected chi connectivity index (χ0v) is 8.72. The van der Waals surface area contributed by atoms with E-state index in [-0.39, 0.29) is 17.8 Å². The third-order valence-corrected chi connectivity index (χ3v) is 2.12. The Hall–Kier alpha value is -2.11. The second-order valence-corrected chi connectivity index (χ2v) is 3.37. The van der Waals surface area contributed by atoms with E-state index in [1.807, 2.05) is 0 Å². The highest BCUT2D eigenvalue weighted by atomic mass is 19.1. The van der Waals surface area contributed by atoms with Crippen LogP contribution in [0, 0.1) is 5.82 Å². The van der Waals surface area contributed by atoms with Gasteiger partial charge < -0.3 is 15.1 Å². The van der Waals surface area contributed by atoms with Gasteiger partial charge in [0.15, 0.2) is 0 Å². The Labute approximate surface area is 91.7 Å². The molecule has 1 heterocycles. The van der Waals surface area contributed by atoms with Crippen LogP contribution in [-0.2, 0) is 6.54 Å². The summed E-state index contributed by atoms with van der Waals surface area (Å²) in [6.45, 7) is 0.342. The van der Waals surface area contributed by atoms with E-state index in [1.165, 1.54) is 6.07 Å². The number of benzene rings is 1. The van der Waals surface area contributed by atoms with Crippen LogP contribution in [0.3, 0.4) is 0 Å². The van der Waals surface area contributed by atoms with E-state index in [9.17, 15) is 4.39 Å². The first-order chi connectivity index (χ1) is 7.66. The zero-order chi connectivity index (χ0) is 11.5. The highest BCUT2D eigenvalue weighted by Crippen LogP contribution is 2.15. The minimum Gasteiger partial charge on any atom is -0.390 e. The molecule has 1 aromatic heterocycles. The topological polar surface area (TPSA) is 68.2 Å². The molecule has 0 aliphatic carbocycles. The monoisotopic (exact) mass is 222 g/mol. The number of hydrogen-bond donors (Lipinski definition) is 1. The summed E-state index contributed by atoms with van der Waals surface area (Å²) in [5.74, 6) is -0.262. The first-order valence-electron chi connectivity index (χ1n) is 4.70. The Morgan fingerprint density at radius 1 is 1.38 bits per heavy atom. The van der Waals surface area contributed by atoms with E-state index in [4.69, 9.17) is 10.2 Å². The van der Waals surface area contributed by atoms with Crippen LogP contribution in [0.5, 0.6) is 0 Å². The van der Waals surface area contributed by atoms with Crippen LogP contribution >= 0.6 is 0 Å². The van der Waals surface area contributed by atoms with Gasteiger partial charge in [-0.05, 0) is 6.07 Å². The van der Waals surface area contributed by atoms with Gasteiger partial charge in [0.2, 0.25) is 0 Å². The number of nitrogen functional groups attached to an aromatic ring is 1. The lowest BCUT2D eigenvalue weighted by atomic mass is 10.2. The van der Waals surface area contributed by atoms with Gasteiger partial charge >= 0.3 is 12.0 Å². The molecular weight excluding hydrogens is 211 g/mol. The summed E-state index contributed by atoms with van der Waals surface area (Å²) >= 11 is 0. The van der Waals surface area contributed by atoms with Crippen molar-refractivity contribution in [3.05, 3.63) is 35.6 Å². The van der Waals surface area contributed by atoms with Crippen LogP contribution < -0.4 is 10.6 Å². The van der Waals surface area contributed by atoms with E-state index in [1.54, 1.807) is 30.1 Å². The first-order valence-corrected chi connectivity index (χ1v) is 4.70. The molecule has 6 heteroatoms. The number of nitrogens with two attached hydrogens (primary N) is 1. The molecule has 5 nitrogen and oxygen atoms in total. The van der Waals surface area contributed by atoms with E-state index < -0.39 is 0 Å². The number of halogens is 1. The molecule has 2 rings (SSSR count). The van der Waals surface area contributed by atoms with Gasteiger partial charge in [-0.3, -0.25) is 0 Å². The zero-order valence-electron chi connectivity index (χ0n) is 8.72. The minimum absolute atomic E-state index is 0.00427. The minimum atomic E-state index is -0.262. The Kier molecular flexibility index (Phi) is 2.72. The van der Waals surface area contributed by atoms with E-state index >= 15 is 0 Å². The van der Waals surface area contributed by atoms with Gasteiger partial charge in [0.05, 0.1) is 0 Å². The van der Waals surface area contributed by atoms with E-state index in [0.717, 1.165) is 0 Å². The molecule has 0 unspecified atom stereocenters. The predicted octanol–water partition coefficient (Wildman–Crippen LogP) is 1.43. The van der Waals surface area contributed by atoms with Crippen LogP contribution in [0.1, 0.15) is 5.56 Å². The number of aromatic nitrogens is 2. The van der Waals surface area contributed by atoms with Crippen molar-refractivity contribution >= 4 is 12.0 Å².